The van der Waals surface area contributed by atoms with Crippen LogP contribution in [0.2, 0.25) is 5.02 Å². The van der Waals surface area contributed by atoms with Gasteiger partial charge in [0, 0.05) is 31.2 Å². The van der Waals surface area contributed by atoms with Crippen molar-refractivity contribution < 1.29 is 23.5 Å². The molecule has 3 rings (SSSR count). The van der Waals surface area contributed by atoms with E-state index in [0.717, 1.165) is 0 Å². The lowest BCUT2D eigenvalue weighted by Gasteiger charge is -2.39. The van der Waals surface area contributed by atoms with E-state index in [1.54, 1.807) is 36.1 Å². The average Bonchev–Trinajstić information content (AvgIpc) is 3.30. The standard InChI is InChI=1S/C21H24ClN3O5/c1-14(23-19(26)17-8-5-13-30-17)20(27)25-11-9-24(10-12-25)18(21(28)29-2)15-6-3-4-7-16(15)22/h3-8,13-14,18H,9-12H2,1-2H3,(H,23,26)/t14-,18-/m1/s1. The Bertz CT molecular complexity index is 894. The molecule has 0 aliphatic carbocycles. The van der Waals surface area contributed by atoms with Crippen molar-refractivity contribution in [3.8, 4) is 0 Å². The number of esters is 1. The van der Waals surface area contributed by atoms with Gasteiger partial charge < -0.3 is 19.4 Å². The van der Waals surface area contributed by atoms with Crippen LogP contribution in [0.4, 0.5) is 0 Å². The van der Waals surface area contributed by atoms with Gasteiger partial charge in [0.05, 0.1) is 13.4 Å². The smallest absolute Gasteiger partial charge is 0.327 e. The first-order valence-corrected chi connectivity index (χ1v) is 9.99. The predicted molar refractivity (Wildman–Crippen MR) is 110 cm³/mol. The zero-order chi connectivity index (χ0) is 21.7. The Labute approximate surface area is 179 Å². The van der Waals surface area contributed by atoms with Crippen molar-refractivity contribution >= 4 is 29.4 Å². The van der Waals surface area contributed by atoms with Gasteiger partial charge >= 0.3 is 5.97 Å². The molecule has 0 radical (unpaired) electrons. The van der Waals surface area contributed by atoms with E-state index in [4.69, 9.17) is 20.8 Å². The molecule has 0 bridgehead atoms. The molecule has 160 valence electrons. The number of amides is 2. The summed E-state index contributed by atoms with van der Waals surface area (Å²) in [6.45, 7) is 3.40. The summed E-state index contributed by atoms with van der Waals surface area (Å²) in [6, 6.07) is 8.95. The number of ether oxygens (including phenoxy) is 1. The molecule has 1 aromatic carbocycles. The van der Waals surface area contributed by atoms with Crippen LogP contribution >= 0.6 is 11.6 Å². The summed E-state index contributed by atoms with van der Waals surface area (Å²) in [7, 11) is 1.34. The largest absolute Gasteiger partial charge is 0.468 e. The average molecular weight is 434 g/mol. The van der Waals surface area contributed by atoms with Gasteiger partial charge in [-0.2, -0.15) is 0 Å². The van der Waals surface area contributed by atoms with Crippen molar-refractivity contribution in [2.75, 3.05) is 33.3 Å². The SMILES string of the molecule is COC(=O)[C@@H](c1ccccc1Cl)N1CCN(C(=O)[C@@H](C)NC(=O)c2ccco2)CC1. The molecular formula is C21H24ClN3O5. The van der Waals surface area contributed by atoms with E-state index in [1.807, 2.05) is 11.0 Å². The van der Waals surface area contributed by atoms with Crippen molar-refractivity contribution in [3.05, 3.63) is 59.0 Å². The van der Waals surface area contributed by atoms with Gasteiger partial charge in [0.1, 0.15) is 12.1 Å². The number of rotatable bonds is 6. The zero-order valence-electron chi connectivity index (χ0n) is 16.8. The first kappa shape index (κ1) is 21.9. The van der Waals surface area contributed by atoms with Gasteiger partial charge in [0.15, 0.2) is 5.76 Å². The zero-order valence-corrected chi connectivity index (χ0v) is 17.6. The number of nitrogens with zero attached hydrogens (tertiary/aromatic N) is 2. The molecule has 1 aliphatic heterocycles. The van der Waals surface area contributed by atoms with Crippen LogP contribution in [0.5, 0.6) is 0 Å². The molecule has 1 fully saturated rings. The van der Waals surface area contributed by atoms with Gasteiger partial charge in [-0.15, -0.1) is 0 Å². The van der Waals surface area contributed by atoms with Crippen molar-refractivity contribution in [2.24, 2.45) is 0 Å². The van der Waals surface area contributed by atoms with Crippen LogP contribution in [0.3, 0.4) is 0 Å². The van der Waals surface area contributed by atoms with E-state index in [1.165, 1.54) is 19.4 Å². The Kier molecular flexibility index (Phi) is 7.12. The molecule has 8 nitrogen and oxygen atoms in total. The molecular weight excluding hydrogens is 410 g/mol. The maximum Gasteiger partial charge on any atom is 0.327 e. The molecule has 0 saturated carbocycles. The fourth-order valence-corrected chi connectivity index (χ4v) is 3.73. The number of nitrogens with one attached hydrogen (secondary N) is 1. The minimum atomic E-state index is -0.700. The van der Waals surface area contributed by atoms with Gasteiger partial charge in [-0.1, -0.05) is 29.8 Å². The van der Waals surface area contributed by atoms with Crippen molar-refractivity contribution in [1.82, 2.24) is 15.1 Å². The highest BCUT2D eigenvalue weighted by Gasteiger charge is 2.34. The lowest BCUT2D eigenvalue weighted by atomic mass is 10.0. The fraction of sp³-hybridized carbons (Fsp3) is 0.381. The van der Waals surface area contributed by atoms with Gasteiger partial charge in [-0.3, -0.25) is 14.5 Å². The third kappa shape index (κ3) is 4.83. The summed E-state index contributed by atoms with van der Waals surface area (Å²) in [6.07, 6.45) is 1.40. The Morgan fingerprint density at radius 3 is 2.40 bits per heavy atom. The van der Waals surface area contributed by atoms with E-state index < -0.39 is 24.0 Å². The van der Waals surface area contributed by atoms with E-state index >= 15 is 0 Å². The minimum absolute atomic E-state index is 0.153. The molecule has 9 heteroatoms. The van der Waals surface area contributed by atoms with Gasteiger partial charge in [-0.25, -0.2) is 4.79 Å². The molecule has 30 heavy (non-hydrogen) atoms. The topological polar surface area (TPSA) is 92.1 Å². The highest BCUT2D eigenvalue weighted by Crippen LogP contribution is 2.29. The van der Waals surface area contributed by atoms with Crippen LogP contribution in [-0.4, -0.2) is 66.9 Å². The lowest BCUT2D eigenvalue weighted by Crippen LogP contribution is -2.55. The molecule has 2 atom stereocenters. The number of carbonyl (C=O) groups excluding carboxylic acids is 3. The quantitative estimate of drug-likeness (QED) is 0.701. The first-order valence-electron chi connectivity index (χ1n) is 9.62. The van der Waals surface area contributed by atoms with E-state index in [9.17, 15) is 14.4 Å². The molecule has 0 spiro atoms. The summed E-state index contributed by atoms with van der Waals surface area (Å²) in [5.41, 5.74) is 0.671. The van der Waals surface area contributed by atoms with Gasteiger partial charge in [0.25, 0.3) is 5.91 Å². The number of hydrogen-bond donors (Lipinski definition) is 1. The number of hydrogen-bond acceptors (Lipinski definition) is 6. The molecule has 0 unspecified atom stereocenters. The summed E-state index contributed by atoms with van der Waals surface area (Å²) < 4.78 is 10.0. The van der Waals surface area contributed by atoms with Crippen molar-refractivity contribution in [1.29, 1.82) is 0 Å². The number of furan rings is 1. The van der Waals surface area contributed by atoms with Crippen LogP contribution in [0.1, 0.15) is 29.1 Å². The maximum absolute atomic E-state index is 12.7. The van der Waals surface area contributed by atoms with Crippen LogP contribution < -0.4 is 5.32 Å². The summed E-state index contributed by atoms with van der Waals surface area (Å²) in [4.78, 5) is 40.9. The molecule has 1 aromatic heterocycles. The Hall–Kier alpha value is -2.84. The normalized spacial score (nSPS) is 16.6. The molecule has 1 N–H and O–H groups in total. The van der Waals surface area contributed by atoms with Crippen LogP contribution in [-0.2, 0) is 14.3 Å². The number of halogens is 1. The van der Waals surface area contributed by atoms with Crippen LogP contribution in [0.25, 0.3) is 0 Å². The Morgan fingerprint density at radius 2 is 1.80 bits per heavy atom. The third-order valence-corrected chi connectivity index (χ3v) is 5.42. The number of benzene rings is 1. The van der Waals surface area contributed by atoms with Crippen LogP contribution in [0, 0.1) is 0 Å². The summed E-state index contributed by atoms with van der Waals surface area (Å²) in [5, 5.41) is 3.13. The van der Waals surface area contributed by atoms with Crippen molar-refractivity contribution in [3.63, 3.8) is 0 Å². The maximum atomic E-state index is 12.7. The van der Waals surface area contributed by atoms with E-state index in [2.05, 4.69) is 5.32 Å². The van der Waals surface area contributed by atoms with E-state index in [-0.39, 0.29) is 11.7 Å². The number of methoxy groups -OCH3 is 1. The minimum Gasteiger partial charge on any atom is -0.468 e. The fourth-order valence-electron chi connectivity index (χ4n) is 3.49. The van der Waals surface area contributed by atoms with E-state index in [0.29, 0.717) is 36.8 Å². The highest BCUT2D eigenvalue weighted by molar-refractivity contribution is 6.31. The van der Waals surface area contributed by atoms with Gasteiger partial charge in [-0.05, 0) is 30.7 Å². The second-order valence-corrected chi connectivity index (χ2v) is 7.39. The predicted octanol–water partition coefficient (Wildman–Crippen LogP) is 2.11. The monoisotopic (exact) mass is 433 g/mol. The highest BCUT2D eigenvalue weighted by atomic mass is 35.5. The van der Waals surface area contributed by atoms with Crippen molar-refractivity contribution in [2.45, 2.75) is 19.0 Å². The first-order chi connectivity index (χ1) is 14.4. The lowest BCUT2D eigenvalue weighted by molar-refractivity contribution is -0.148. The second-order valence-electron chi connectivity index (χ2n) is 6.98. The molecule has 2 aromatic rings. The molecule has 1 aliphatic rings. The molecule has 2 amide bonds. The Balaban J connectivity index is 1.62. The van der Waals surface area contributed by atoms with Gasteiger partial charge in [0.2, 0.25) is 5.91 Å². The van der Waals surface area contributed by atoms with Crippen LogP contribution in [0.15, 0.2) is 47.1 Å². The number of carbonyl (C=O) groups is 3. The molecule has 1 saturated heterocycles. The number of piperazine rings is 1. The molecule has 2 heterocycles. The summed E-state index contributed by atoms with van der Waals surface area (Å²) in [5.74, 6) is -0.882. The Morgan fingerprint density at radius 1 is 1.10 bits per heavy atom. The third-order valence-electron chi connectivity index (χ3n) is 5.08. The second kappa shape index (κ2) is 9.77. The summed E-state index contributed by atoms with van der Waals surface area (Å²) >= 11 is 6.30.